The van der Waals surface area contributed by atoms with Gasteiger partial charge in [0.15, 0.2) is 0 Å². The highest BCUT2D eigenvalue weighted by Crippen LogP contribution is 2.45. The van der Waals surface area contributed by atoms with Gasteiger partial charge in [0.2, 0.25) is 10.0 Å². The summed E-state index contributed by atoms with van der Waals surface area (Å²) in [7, 11) is -3.44. The summed E-state index contributed by atoms with van der Waals surface area (Å²) in [5.74, 6) is 0.353. The smallest absolute Gasteiger partial charge is 0.215 e. The van der Waals surface area contributed by atoms with Crippen LogP contribution in [-0.2, 0) is 16.6 Å². The number of aromatic nitrogens is 2. The Hall–Kier alpha value is -2.25. The number of nitrogens with zero attached hydrogens (tertiary/aromatic N) is 1. The molecule has 0 radical (unpaired) electrons. The highest BCUT2D eigenvalue weighted by molar-refractivity contribution is 7.90. The van der Waals surface area contributed by atoms with Crippen molar-refractivity contribution in [2.75, 3.05) is 0 Å². The zero-order chi connectivity index (χ0) is 17.6. The molecular formula is C18H18FN3O2S. The normalized spacial score (nSPS) is 20.1. The molecule has 0 saturated heterocycles. The number of benzene rings is 2. The van der Waals surface area contributed by atoms with Crippen LogP contribution in [0.1, 0.15) is 29.3 Å². The average Bonchev–Trinajstić information content (AvgIpc) is 3.29. The molecular weight excluding hydrogens is 341 g/mol. The summed E-state index contributed by atoms with van der Waals surface area (Å²) in [5.41, 5.74) is 3.35. The van der Waals surface area contributed by atoms with Gasteiger partial charge in [-0.05, 0) is 48.7 Å². The third kappa shape index (κ3) is 3.29. The van der Waals surface area contributed by atoms with Crippen LogP contribution in [0.15, 0.2) is 42.5 Å². The lowest BCUT2D eigenvalue weighted by molar-refractivity contribution is 0.579. The van der Waals surface area contributed by atoms with E-state index in [1.165, 1.54) is 12.1 Å². The third-order valence-electron chi connectivity index (χ3n) is 4.55. The Balaban J connectivity index is 1.44. The molecule has 25 heavy (non-hydrogen) atoms. The Morgan fingerprint density at radius 2 is 2.12 bits per heavy atom. The van der Waals surface area contributed by atoms with E-state index >= 15 is 0 Å². The van der Waals surface area contributed by atoms with Gasteiger partial charge >= 0.3 is 0 Å². The van der Waals surface area contributed by atoms with Crippen LogP contribution in [0.3, 0.4) is 0 Å². The Bertz CT molecular complexity index is 1050. The molecule has 130 valence electrons. The second-order valence-electron chi connectivity index (χ2n) is 6.48. The summed E-state index contributed by atoms with van der Waals surface area (Å²) >= 11 is 0. The average molecular weight is 359 g/mol. The Kier molecular flexibility index (Phi) is 3.85. The number of H-pyrrole nitrogens is 1. The quantitative estimate of drug-likeness (QED) is 0.735. The molecule has 1 aromatic heterocycles. The van der Waals surface area contributed by atoms with Crippen molar-refractivity contribution in [1.82, 2.24) is 14.7 Å². The maximum absolute atomic E-state index is 13.3. The minimum absolute atomic E-state index is 0.133. The summed E-state index contributed by atoms with van der Waals surface area (Å²) in [4.78, 5) is 7.47. The summed E-state index contributed by atoms with van der Waals surface area (Å²) in [6.07, 6.45) is 0.525. The highest BCUT2D eigenvalue weighted by atomic mass is 32.2. The van der Waals surface area contributed by atoms with Gasteiger partial charge in [0.1, 0.15) is 11.6 Å². The van der Waals surface area contributed by atoms with E-state index in [0.717, 1.165) is 28.0 Å². The predicted molar refractivity (Wildman–Crippen MR) is 94.1 cm³/mol. The summed E-state index contributed by atoms with van der Waals surface area (Å²) in [6.45, 7) is 2.10. The SMILES string of the molecule is Cc1nc2ccc(CNS(=O)(=O)C3CC3c3cccc(F)c3)cc2[nH]1. The molecule has 1 aliphatic rings. The molecule has 0 aliphatic heterocycles. The Morgan fingerprint density at radius 1 is 1.28 bits per heavy atom. The molecule has 0 amide bonds. The van der Waals surface area contributed by atoms with Crippen molar-refractivity contribution in [1.29, 1.82) is 0 Å². The minimum atomic E-state index is -3.44. The first-order chi connectivity index (χ1) is 11.9. The molecule has 2 N–H and O–H groups in total. The van der Waals surface area contributed by atoms with E-state index in [-0.39, 0.29) is 18.3 Å². The first-order valence-corrected chi connectivity index (χ1v) is 9.66. The van der Waals surface area contributed by atoms with Crippen molar-refractivity contribution in [2.45, 2.75) is 31.1 Å². The molecule has 0 bridgehead atoms. The number of hydrogen-bond donors (Lipinski definition) is 2. The molecule has 2 atom stereocenters. The van der Waals surface area contributed by atoms with Crippen LogP contribution >= 0.6 is 0 Å². The molecule has 7 heteroatoms. The van der Waals surface area contributed by atoms with Crippen molar-refractivity contribution in [3.05, 3.63) is 65.2 Å². The molecule has 5 nitrogen and oxygen atoms in total. The fourth-order valence-electron chi connectivity index (χ4n) is 3.19. The first kappa shape index (κ1) is 16.2. The number of halogens is 1. The van der Waals surface area contributed by atoms with Crippen LogP contribution in [0, 0.1) is 12.7 Å². The van der Waals surface area contributed by atoms with Crippen LogP contribution in [0.2, 0.25) is 0 Å². The third-order valence-corrected chi connectivity index (χ3v) is 6.41. The highest BCUT2D eigenvalue weighted by Gasteiger charge is 2.48. The van der Waals surface area contributed by atoms with E-state index in [9.17, 15) is 12.8 Å². The fraction of sp³-hybridized carbons (Fsp3) is 0.278. The van der Waals surface area contributed by atoms with Crippen LogP contribution in [0.25, 0.3) is 11.0 Å². The van der Waals surface area contributed by atoms with E-state index < -0.39 is 15.3 Å². The largest absolute Gasteiger partial charge is 0.342 e. The van der Waals surface area contributed by atoms with Crippen molar-refractivity contribution in [2.24, 2.45) is 0 Å². The lowest BCUT2D eigenvalue weighted by Crippen LogP contribution is -2.27. The summed E-state index contributed by atoms with van der Waals surface area (Å²) in [6, 6.07) is 11.8. The first-order valence-electron chi connectivity index (χ1n) is 8.11. The molecule has 4 rings (SSSR count). The van der Waals surface area contributed by atoms with E-state index in [1.807, 2.05) is 25.1 Å². The molecule has 1 fully saturated rings. The number of fused-ring (bicyclic) bond motifs is 1. The molecule has 1 heterocycles. The van der Waals surface area contributed by atoms with Gasteiger partial charge in [0, 0.05) is 12.5 Å². The number of hydrogen-bond acceptors (Lipinski definition) is 3. The van der Waals surface area contributed by atoms with Gasteiger partial charge < -0.3 is 4.98 Å². The zero-order valence-corrected chi connectivity index (χ0v) is 14.5. The van der Waals surface area contributed by atoms with Gasteiger partial charge in [-0.2, -0.15) is 0 Å². The Morgan fingerprint density at radius 3 is 2.92 bits per heavy atom. The molecule has 1 saturated carbocycles. The van der Waals surface area contributed by atoms with E-state index in [2.05, 4.69) is 14.7 Å². The van der Waals surface area contributed by atoms with Gasteiger partial charge in [-0.1, -0.05) is 18.2 Å². The molecule has 3 aromatic rings. The number of nitrogens with one attached hydrogen (secondary N) is 2. The van der Waals surface area contributed by atoms with E-state index in [1.54, 1.807) is 12.1 Å². The van der Waals surface area contributed by atoms with Crippen molar-refractivity contribution < 1.29 is 12.8 Å². The lowest BCUT2D eigenvalue weighted by atomic mass is 10.1. The van der Waals surface area contributed by atoms with E-state index in [0.29, 0.717) is 6.42 Å². The van der Waals surface area contributed by atoms with Crippen LogP contribution in [0.5, 0.6) is 0 Å². The summed E-state index contributed by atoms with van der Waals surface area (Å²) < 4.78 is 40.9. The number of imidazole rings is 1. The predicted octanol–water partition coefficient (Wildman–Crippen LogP) is 2.99. The second kappa shape index (κ2) is 5.93. The minimum Gasteiger partial charge on any atom is -0.342 e. The van der Waals surface area contributed by atoms with Crippen molar-refractivity contribution >= 4 is 21.1 Å². The van der Waals surface area contributed by atoms with E-state index in [4.69, 9.17) is 0 Å². The lowest BCUT2D eigenvalue weighted by Gasteiger charge is -2.07. The zero-order valence-electron chi connectivity index (χ0n) is 13.7. The van der Waals surface area contributed by atoms with Gasteiger partial charge in [0.05, 0.1) is 16.3 Å². The maximum atomic E-state index is 13.3. The van der Waals surface area contributed by atoms with Gasteiger partial charge in [0.25, 0.3) is 0 Å². The van der Waals surface area contributed by atoms with Crippen molar-refractivity contribution in [3.63, 3.8) is 0 Å². The topological polar surface area (TPSA) is 74.8 Å². The molecule has 2 unspecified atom stereocenters. The molecule has 0 spiro atoms. The van der Waals surface area contributed by atoms with Crippen molar-refractivity contribution in [3.8, 4) is 0 Å². The fourth-order valence-corrected chi connectivity index (χ4v) is 4.82. The number of sulfonamides is 1. The number of aromatic amines is 1. The van der Waals surface area contributed by atoms with Crippen LogP contribution in [0.4, 0.5) is 4.39 Å². The standard InChI is InChI=1S/C18H18FN3O2S/c1-11-21-16-6-5-12(7-17(16)22-11)10-20-25(23,24)18-9-15(18)13-3-2-4-14(19)8-13/h2-8,15,18,20H,9-10H2,1H3,(H,21,22). The van der Waals surface area contributed by atoms with Crippen LogP contribution < -0.4 is 4.72 Å². The molecule has 2 aromatic carbocycles. The molecule has 1 aliphatic carbocycles. The second-order valence-corrected chi connectivity index (χ2v) is 8.46. The van der Waals surface area contributed by atoms with Gasteiger partial charge in [-0.3, -0.25) is 0 Å². The number of rotatable bonds is 5. The van der Waals surface area contributed by atoms with Crippen LogP contribution in [-0.4, -0.2) is 23.6 Å². The summed E-state index contributed by atoms with van der Waals surface area (Å²) in [5, 5.41) is -0.493. The monoisotopic (exact) mass is 359 g/mol. The van der Waals surface area contributed by atoms with Gasteiger partial charge in [-0.25, -0.2) is 22.5 Å². The van der Waals surface area contributed by atoms with Gasteiger partial charge in [-0.15, -0.1) is 0 Å². The number of aryl methyl sites for hydroxylation is 1. The maximum Gasteiger partial charge on any atom is 0.215 e. The Labute approximate surface area is 145 Å².